The molecule has 10 rings (SSSR count). The van der Waals surface area contributed by atoms with Crippen LogP contribution in [0.5, 0.6) is 0 Å². The number of hydrogen-bond acceptors (Lipinski definition) is 0. The average Bonchev–Trinajstić information content (AvgIpc) is 3.50. The Morgan fingerprint density at radius 2 is 1.22 bits per heavy atom. The second-order valence-electron chi connectivity index (χ2n) is 13.6. The molecule has 1 heterocycles. The molecule has 1 aromatic heterocycles. The van der Waals surface area contributed by atoms with Crippen molar-refractivity contribution in [3.63, 3.8) is 0 Å². The van der Waals surface area contributed by atoms with Gasteiger partial charge < -0.3 is 0 Å². The second-order valence-corrected chi connectivity index (χ2v) is 15.7. The first-order chi connectivity index (χ1) is 24.3. The third kappa shape index (κ3) is 4.74. The summed E-state index contributed by atoms with van der Waals surface area (Å²) in [6, 6.07) is 51.0. The number of fused-ring (bicyclic) bond motifs is 7. The van der Waals surface area contributed by atoms with E-state index in [1.165, 1.54) is 86.8 Å². The van der Waals surface area contributed by atoms with Crippen molar-refractivity contribution in [2.75, 3.05) is 0 Å². The summed E-state index contributed by atoms with van der Waals surface area (Å²) < 4.78 is 0. The van der Waals surface area contributed by atoms with E-state index in [0.29, 0.717) is 5.92 Å². The van der Waals surface area contributed by atoms with Gasteiger partial charge in [0.1, 0.15) is 0 Å². The van der Waals surface area contributed by atoms with Crippen LogP contribution in [0.25, 0.3) is 76.2 Å². The lowest BCUT2D eigenvalue weighted by Gasteiger charge is -2.20. The molecule has 0 bridgehead atoms. The van der Waals surface area contributed by atoms with Crippen molar-refractivity contribution in [1.82, 2.24) is 0 Å². The quantitative estimate of drug-likeness (QED) is 0.179. The summed E-state index contributed by atoms with van der Waals surface area (Å²) in [6.45, 7) is 0. The highest BCUT2D eigenvalue weighted by molar-refractivity contribution is 7.67. The molecule has 0 aliphatic heterocycles. The Morgan fingerprint density at radius 3 is 1.98 bits per heavy atom. The Morgan fingerprint density at radius 1 is 0.531 bits per heavy atom. The number of hydrogen-bond donors (Lipinski definition) is 0. The zero-order valence-electron chi connectivity index (χ0n) is 27.3. The predicted molar refractivity (Wildman–Crippen MR) is 214 cm³/mol. The molecule has 8 aromatic rings. The molecule has 2 aliphatic carbocycles. The van der Waals surface area contributed by atoms with Crippen molar-refractivity contribution in [2.24, 2.45) is 0 Å². The lowest BCUT2D eigenvalue weighted by molar-refractivity contribution is 0.857. The van der Waals surface area contributed by atoms with Gasteiger partial charge in [-0.25, -0.2) is 0 Å². The van der Waals surface area contributed by atoms with Gasteiger partial charge in [0.2, 0.25) is 0 Å². The summed E-state index contributed by atoms with van der Waals surface area (Å²) in [6.07, 6.45) is 17.0. The normalized spacial score (nSPS) is 15.8. The Hall–Kier alpha value is -5.42. The van der Waals surface area contributed by atoms with Crippen LogP contribution in [0.4, 0.5) is 0 Å². The maximum Gasteiger partial charge on any atom is 0.00687 e. The number of aryl methyl sites for hydroxylation is 1. The zero-order chi connectivity index (χ0) is 32.3. The maximum absolute atomic E-state index is 2.51. The fourth-order valence-corrected chi connectivity index (χ4v) is 11.0. The fraction of sp³-hybridized carbons (Fsp3) is 0.0833. The summed E-state index contributed by atoms with van der Waals surface area (Å²) in [4.78, 5) is 0. The minimum Gasteiger partial charge on any atom is -0.0836 e. The monoisotopic (exact) mass is 642 g/mol. The first-order valence-electron chi connectivity index (χ1n) is 17.5. The van der Waals surface area contributed by atoms with Gasteiger partial charge in [0.25, 0.3) is 0 Å². The Bertz CT molecular complexity index is 2680. The highest BCUT2D eigenvalue weighted by Gasteiger charge is 2.20. The molecule has 232 valence electrons. The van der Waals surface area contributed by atoms with E-state index >= 15 is 0 Å². The zero-order valence-corrected chi connectivity index (χ0v) is 28.2. The van der Waals surface area contributed by atoms with Gasteiger partial charge in [0.15, 0.2) is 0 Å². The van der Waals surface area contributed by atoms with E-state index in [2.05, 4.69) is 170 Å². The molecule has 0 spiro atoms. The first kappa shape index (κ1) is 28.6. The summed E-state index contributed by atoms with van der Waals surface area (Å²) >= 11 is 0. The van der Waals surface area contributed by atoms with Crippen LogP contribution in [-0.2, 0) is 6.42 Å². The molecule has 1 heteroatoms. The van der Waals surface area contributed by atoms with Crippen LogP contribution >= 0.6 is 7.53 Å². The molecule has 0 radical (unpaired) electrons. The predicted octanol–water partition coefficient (Wildman–Crippen LogP) is 14.2. The Kier molecular flexibility index (Phi) is 6.78. The number of benzene rings is 7. The summed E-state index contributed by atoms with van der Waals surface area (Å²) in [5.74, 6) is 0.365. The highest BCUT2D eigenvalue weighted by Crippen LogP contribution is 2.56. The average molecular weight is 643 g/mol. The molecule has 2 aliphatic rings. The molecule has 0 amide bonds. The van der Waals surface area contributed by atoms with Crippen molar-refractivity contribution < 1.29 is 0 Å². The van der Waals surface area contributed by atoms with E-state index in [4.69, 9.17) is 0 Å². The van der Waals surface area contributed by atoms with E-state index < -0.39 is 7.53 Å². The van der Waals surface area contributed by atoms with Crippen LogP contribution < -0.4 is 0 Å². The van der Waals surface area contributed by atoms with Crippen LogP contribution in [0, 0.1) is 0 Å². The minimum atomic E-state index is -0.657. The minimum absolute atomic E-state index is 0.365. The fourth-order valence-electron chi connectivity index (χ4n) is 8.40. The van der Waals surface area contributed by atoms with E-state index in [1.807, 2.05) is 0 Å². The van der Waals surface area contributed by atoms with Crippen LogP contribution in [0.1, 0.15) is 35.4 Å². The highest BCUT2D eigenvalue weighted by atomic mass is 31.1. The van der Waals surface area contributed by atoms with Crippen LogP contribution in [-0.4, -0.2) is 0 Å². The third-order valence-electron chi connectivity index (χ3n) is 10.7. The molecule has 7 aromatic carbocycles. The first-order valence-corrected chi connectivity index (χ1v) is 18.9. The number of allylic oxidation sites excluding steroid dienone is 5. The topological polar surface area (TPSA) is 0 Å². The van der Waals surface area contributed by atoms with Gasteiger partial charge in [-0.05, 0) is 138 Å². The van der Waals surface area contributed by atoms with Crippen molar-refractivity contribution in [2.45, 2.75) is 25.2 Å². The van der Waals surface area contributed by atoms with Crippen molar-refractivity contribution in [3.05, 3.63) is 181 Å². The summed E-state index contributed by atoms with van der Waals surface area (Å²) in [5.41, 5.74) is 9.52. The van der Waals surface area contributed by atoms with E-state index in [9.17, 15) is 0 Å². The molecular weight excluding hydrogens is 608 g/mol. The smallest absolute Gasteiger partial charge is 0.00687 e. The van der Waals surface area contributed by atoms with Crippen molar-refractivity contribution in [3.8, 4) is 27.6 Å². The van der Waals surface area contributed by atoms with Gasteiger partial charge in [-0.1, -0.05) is 135 Å². The molecule has 0 nitrogen and oxygen atoms in total. The molecule has 0 fully saturated rings. The van der Waals surface area contributed by atoms with Gasteiger partial charge in [-0.15, -0.1) is 0 Å². The van der Waals surface area contributed by atoms with Gasteiger partial charge in [-0.2, -0.15) is 0 Å². The molecule has 0 N–H and O–H groups in total. The van der Waals surface area contributed by atoms with E-state index in [0.717, 1.165) is 19.3 Å². The van der Waals surface area contributed by atoms with Gasteiger partial charge in [0, 0.05) is 16.2 Å². The SMILES string of the molecule is C1=CCC(c2cc3ccccc3cc2-c2ccc3c(c2)c2cc(-c4cc5c(c6ccccc46)CCC=C5)ccc2p3-c2ccccc2)C=C1. The molecule has 2 unspecified atom stereocenters. The van der Waals surface area contributed by atoms with E-state index in [-0.39, 0.29) is 0 Å². The summed E-state index contributed by atoms with van der Waals surface area (Å²) in [7, 11) is -0.657. The number of rotatable bonds is 4. The largest absolute Gasteiger partial charge is 0.0836 e. The Balaban J connectivity index is 1.24. The molecular formula is C48H35P. The van der Waals surface area contributed by atoms with Gasteiger partial charge >= 0.3 is 0 Å². The Labute approximate surface area is 288 Å². The van der Waals surface area contributed by atoms with Gasteiger partial charge in [0.05, 0.1) is 0 Å². The molecule has 2 atom stereocenters. The molecule has 49 heavy (non-hydrogen) atoms. The van der Waals surface area contributed by atoms with Crippen LogP contribution in [0.2, 0.25) is 0 Å². The maximum atomic E-state index is 2.51. The molecule has 0 saturated heterocycles. The van der Waals surface area contributed by atoms with Crippen LogP contribution in [0.15, 0.2) is 164 Å². The van der Waals surface area contributed by atoms with Gasteiger partial charge in [-0.3, -0.25) is 0 Å². The third-order valence-corrected chi connectivity index (χ3v) is 13.3. The van der Waals surface area contributed by atoms with E-state index in [1.54, 1.807) is 0 Å². The van der Waals surface area contributed by atoms with Crippen molar-refractivity contribution >= 4 is 56.2 Å². The molecule has 0 saturated carbocycles. The second kappa shape index (κ2) is 11.6. The lowest BCUT2D eigenvalue weighted by atomic mass is 9.84. The van der Waals surface area contributed by atoms with Crippen molar-refractivity contribution in [1.29, 1.82) is 0 Å². The lowest BCUT2D eigenvalue weighted by Crippen LogP contribution is -1.99. The standard InChI is InChI=1S/C48H35P/c1-3-13-32(14-4-1)42-27-33-15-7-8-16-34(33)28-44(42)37-24-26-48-46(31-37)45-30-36(23-25-47(45)49(48)38-18-5-2-6-19-38)43-29-35-17-9-10-20-39(35)40-21-11-12-22-41(40)43/h1-9,11-13,15-19,21-32H,10,14,20H2. The summed E-state index contributed by atoms with van der Waals surface area (Å²) in [5, 5.41) is 12.4. The van der Waals surface area contributed by atoms with Crippen LogP contribution in [0.3, 0.4) is 0 Å².